The van der Waals surface area contributed by atoms with E-state index < -0.39 is 0 Å². The van der Waals surface area contributed by atoms with Gasteiger partial charge in [-0.05, 0) is 43.9 Å². The van der Waals surface area contributed by atoms with Gasteiger partial charge in [0.2, 0.25) is 0 Å². The topological polar surface area (TPSA) is 63.1 Å². The van der Waals surface area contributed by atoms with Crippen LogP contribution in [0.5, 0.6) is 0 Å². The molecular weight excluding hydrogens is 350 g/mol. The molecule has 3 rings (SSSR count). The number of pyridine rings is 1. The Morgan fingerprint density at radius 3 is 2.68 bits per heavy atom. The fourth-order valence-electron chi connectivity index (χ4n) is 3.90. The normalized spacial score (nSPS) is 15.9. The molecule has 6 heteroatoms. The highest BCUT2D eigenvalue weighted by molar-refractivity contribution is 5.94. The van der Waals surface area contributed by atoms with E-state index in [0.717, 1.165) is 50.0 Å². The molecule has 0 saturated heterocycles. The molecule has 2 aromatic rings. The van der Waals surface area contributed by atoms with Crippen molar-refractivity contribution in [1.29, 1.82) is 0 Å². The van der Waals surface area contributed by atoms with Crippen LogP contribution in [0, 0.1) is 0 Å². The van der Waals surface area contributed by atoms with Crippen LogP contribution in [0.2, 0.25) is 0 Å². The molecule has 2 heterocycles. The number of hydrogen-bond donors (Lipinski definition) is 1. The minimum Gasteiger partial charge on any atom is -0.347 e. The number of carbonyl (C=O) groups is 1. The summed E-state index contributed by atoms with van der Waals surface area (Å²) in [6.07, 6.45) is 10.1. The predicted octanol–water partition coefficient (Wildman–Crippen LogP) is 2.76. The lowest BCUT2D eigenvalue weighted by atomic mass is 9.90. The van der Waals surface area contributed by atoms with Gasteiger partial charge in [-0.3, -0.25) is 19.4 Å². The lowest BCUT2D eigenvalue weighted by Crippen LogP contribution is -2.40. The first-order valence-corrected chi connectivity index (χ1v) is 9.89. The fourth-order valence-corrected chi connectivity index (χ4v) is 3.90. The van der Waals surface area contributed by atoms with Crippen molar-refractivity contribution in [1.82, 2.24) is 25.0 Å². The number of aryl methyl sites for hydroxylation is 1. The summed E-state index contributed by atoms with van der Waals surface area (Å²) in [4.78, 5) is 19.3. The third-order valence-corrected chi connectivity index (χ3v) is 5.28. The van der Waals surface area contributed by atoms with Crippen molar-refractivity contribution in [2.24, 2.45) is 0 Å². The lowest BCUT2D eigenvalue weighted by molar-refractivity contribution is 0.0943. The second-order valence-electron chi connectivity index (χ2n) is 7.06. The lowest BCUT2D eigenvalue weighted by Gasteiger charge is -2.33. The Hall–Kier alpha value is -2.73. The van der Waals surface area contributed by atoms with E-state index in [-0.39, 0.29) is 5.91 Å². The summed E-state index contributed by atoms with van der Waals surface area (Å²) < 4.78 is 1.98. The molecule has 0 aromatic carbocycles. The summed E-state index contributed by atoms with van der Waals surface area (Å²) in [7, 11) is 0. The van der Waals surface area contributed by atoms with Crippen LogP contribution in [0.4, 0.5) is 0 Å². The first-order valence-electron chi connectivity index (χ1n) is 9.89. The van der Waals surface area contributed by atoms with Gasteiger partial charge in [-0.1, -0.05) is 12.2 Å². The van der Waals surface area contributed by atoms with E-state index in [0.29, 0.717) is 18.3 Å². The van der Waals surface area contributed by atoms with Crippen LogP contribution in [-0.2, 0) is 25.9 Å². The minimum atomic E-state index is -0.111. The summed E-state index contributed by atoms with van der Waals surface area (Å²) in [5, 5.41) is 7.65. The summed E-state index contributed by atoms with van der Waals surface area (Å²) in [6, 6.07) is 4.17. The van der Waals surface area contributed by atoms with Crippen molar-refractivity contribution >= 4 is 5.91 Å². The molecule has 1 atom stereocenters. The van der Waals surface area contributed by atoms with Crippen LogP contribution in [-0.4, -0.2) is 44.7 Å². The van der Waals surface area contributed by atoms with Gasteiger partial charge in [0.15, 0.2) is 5.69 Å². The standard InChI is InChI=1S/C22H29N5O/c1-4-13-26(14-5-2)18-7-8-20-19(15-18)21(25-27(20)6-3)22(28)24-16-17-9-11-23-12-10-17/h4-5,9-12,18H,1-2,6-8,13-16H2,3H3,(H,24,28). The van der Waals surface area contributed by atoms with E-state index in [1.165, 1.54) is 5.69 Å². The van der Waals surface area contributed by atoms with Crippen molar-refractivity contribution in [3.63, 3.8) is 0 Å². The monoisotopic (exact) mass is 379 g/mol. The molecule has 0 fully saturated rings. The van der Waals surface area contributed by atoms with Crippen molar-refractivity contribution in [2.45, 2.75) is 45.3 Å². The van der Waals surface area contributed by atoms with Gasteiger partial charge in [-0.15, -0.1) is 13.2 Å². The van der Waals surface area contributed by atoms with Gasteiger partial charge in [0.25, 0.3) is 5.91 Å². The first-order chi connectivity index (χ1) is 13.7. The van der Waals surface area contributed by atoms with E-state index in [1.54, 1.807) is 12.4 Å². The van der Waals surface area contributed by atoms with E-state index in [4.69, 9.17) is 0 Å². The molecule has 1 N–H and O–H groups in total. The zero-order valence-corrected chi connectivity index (χ0v) is 16.6. The fraction of sp³-hybridized carbons (Fsp3) is 0.409. The number of rotatable bonds is 9. The molecular formula is C22H29N5O. The Labute approximate surface area is 167 Å². The highest BCUT2D eigenvalue weighted by Gasteiger charge is 2.30. The number of amides is 1. The quantitative estimate of drug-likeness (QED) is 0.681. The van der Waals surface area contributed by atoms with Crippen LogP contribution in [0.3, 0.4) is 0 Å². The summed E-state index contributed by atoms with van der Waals surface area (Å²) in [5.74, 6) is -0.111. The van der Waals surface area contributed by atoms with Crippen molar-refractivity contribution in [3.05, 3.63) is 72.4 Å². The number of nitrogens with zero attached hydrogens (tertiary/aromatic N) is 4. The summed E-state index contributed by atoms with van der Waals surface area (Å²) in [5.41, 5.74) is 3.87. The highest BCUT2D eigenvalue weighted by Crippen LogP contribution is 2.28. The zero-order valence-electron chi connectivity index (χ0n) is 16.6. The molecule has 28 heavy (non-hydrogen) atoms. The summed E-state index contributed by atoms with van der Waals surface area (Å²) in [6.45, 7) is 12.7. The molecule has 6 nitrogen and oxygen atoms in total. The average molecular weight is 380 g/mol. The molecule has 1 unspecified atom stereocenters. The van der Waals surface area contributed by atoms with Gasteiger partial charge in [0.05, 0.1) is 0 Å². The van der Waals surface area contributed by atoms with Crippen LogP contribution < -0.4 is 5.32 Å². The maximum Gasteiger partial charge on any atom is 0.272 e. The van der Waals surface area contributed by atoms with Gasteiger partial charge < -0.3 is 5.32 Å². The molecule has 148 valence electrons. The van der Waals surface area contributed by atoms with E-state index >= 15 is 0 Å². The molecule has 0 spiro atoms. The van der Waals surface area contributed by atoms with Crippen LogP contribution >= 0.6 is 0 Å². The second kappa shape index (κ2) is 9.46. The zero-order chi connectivity index (χ0) is 19.9. The minimum absolute atomic E-state index is 0.111. The van der Waals surface area contributed by atoms with Crippen molar-refractivity contribution < 1.29 is 4.79 Å². The van der Waals surface area contributed by atoms with E-state index in [9.17, 15) is 4.79 Å². The first kappa shape index (κ1) is 20.0. The maximum atomic E-state index is 12.9. The molecule has 0 radical (unpaired) electrons. The molecule has 1 aliphatic rings. The molecule has 0 bridgehead atoms. The van der Waals surface area contributed by atoms with Crippen molar-refractivity contribution in [3.8, 4) is 0 Å². The van der Waals surface area contributed by atoms with Gasteiger partial charge in [0, 0.05) is 55.9 Å². The van der Waals surface area contributed by atoms with Gasteiger partial charge in [0.1, 0.15) is 0 Å². The summed E-state index contributed by atoms with van der Waals surface area (Å²) >= 11 is 0. The third kappa shape index (κ3) is 4.39. The molecule has 2 aromatic heterocycles. The molecule has 0 saturated carbocycles. The van der Waals surface area contributed by atoms with Gasteiger partial charge in [-0.25, -0.2) is 0 Å². The Bertz CT molecular complexity index is 817. The number of aromatic nitrogens is 3. The Morgan fingerprint density at radius 1 is 1.32 bits per heavy atom. The second-order valence-corrected chi connectivity index (χ2v) is 7.06. The Kier molecular flexibility index (Phi) is 6.76. The van der Waals surface area contributed by atoms with Gasteiger partial charge >= 0.3 is 0 Å². The Morgan fingerprint density at radius 2 is 2.04 bits per heavy atom. The van der Waals surface area contributed by atoms with Crippen LogP contribution in [0.15, 0.2) is 49.8 Å². The van der Waals surface area contributed by atoms with Crippen molar-refractivity contribution in [2.75, 3.05) is 13.1 Å². The van der Waals surface area contributed by atoms with E-state index in [1.807, 2.05) is 29.0 Å². The third-order valence-electron chi connectivity index (χ3n) is 5.28. The average Bonchev–Trinajstić information content (AvgIpc) is 3.10. The predicted molar refractivity (Wildman–Crippen MR) is 111 cm³/mol. The van der Waals surface area contributed by atoms with E-state index in [2.05, 4.69) is 40.4 Å². The number of nitrogens with one attached hydrogen (secondary N) is 1. The number of hydrogen-bond acceptors (Lipinski definition) is 4. The van der Waals surface area contributed by atoms with Gasteiger partial charge in [-0.2, -0.15) is 5.10 Å². The SMILES string of the molecule is C=CCN(CC=C)C1CCc2c(c(C(=O)NCc3ccncc3)nn2CC)C1. The molecule has 1 amide bonds. The number of carbonyl (C=O) groups excluding carboxylic acids is 1. The number of fused-ring (bicyclic) bond motifs is 1. The highest BCUT2D eigenvalue weighted by atomic mass is 16.1. The largest absolute Gasteiger partial charge is 0.347 e. The van der Waals surface area contributed by atoms with Crippen LogP contribution in [0.25, 0.3) is 0 Å². The smallest absolute Gasteiger partial charge is 0.272 e. The van der Waals surface area contributed by atoms with Crippen LogP contribution in [0.1, 0.15) is 40.7 Å². The molecule has 0 aliphatic heterocycles. The Balaban J connectivity index is 1.79. The maximum absolute atomic E-state index is 12.9. The molecule has 1 aliphatic carbocycles.